The number of aromatic nitrogens is 4. The van der Waals surface area contributed by atoms with Gasteiger partial charge in [0.05, 0.1) is 5.52 Å². The van der Waals surface area contributed by atoms with E-state index in [2.05, 4.69) is 15.0 Å². The Morgan fingerprint density at radius 2 is 1.67 bits per heavy atom. The molecular formula is C13H12N4O. The highest BCUT2D eigenvalue weighted by Gasteiger charge is 2.13. The molecule has 3 rings (SSSR count). The molecule has 90 valence electrons. The van der Waals surface area contributed by atoms with Crippen LogP contribution in [0.2, 0.25) is 0 Å². The standard InChI is InChI=1S/C13H12N4O/c1-8-14-9(2)16-13(15-8)12-7-10-5-3-4-6-11(10)17(12)18/h3-7,18H,1-2H3. The van der Waals surface area contributed by atoms with Gasteiger partial charge in [0.25, 0.3) is 0 Å². The summed E-state index contributed by atoms with van der Waals surface area (Å²) in [6.07, 6.45) is 0. The largest absolute Gasteiger partial charge is 0.428 e. The Bertz CT molecular complexity index is 713. The molecule has 0 aliphatic carbocycles. The Balaban J connectivity index is 2.28. The summed E-state index contributed by atoms with van der Waals surface area (Å²) < 4.78 is 1.11. The second kappa shape index (κ2) is 3.80. The third-order valence-electron chi connectivity index (χ3n) is 2.77. The van der Waals surface area contributed by atoms with E-state index in [9.17, 15) is 5.21 Å². The smallest absolute Gasteiger partial charge is 0.183 e. The van der Waals surface area contributed by atoms with Crippen LogP contribution in [0.4, 0.5) is 0 Å². The first-order chi connectivity index (χ1) is 8.65. The Labute approximate surface area is 104 Å². The molecule has 3 aromatic rings. The summed E-state index contributed by atoms with van der Waals surface area (Å²) in [4.78, 5) is 12.6. The molecule has 5 heteroatoms. The third kappa shape index (κ3) is 1.60. The van der Waals surface area contributed by atoms with E-state index in [1.165, 1.54) is 0 Å². The van der Waals surface area contributed by atoms with Crippen molar-refractivity contribution in [3.63, 3.8) is 0 Å². The molecule has 1 N–H and O–H groups in total. The lowest BCUT2D eigenvalue weighted by Crippen LogP contribution is -2.02. The van der Waals surface area contributed by atoms with Gasteiger partial charge >= 0.3 is 0 Å². The lowest BCUT2D eigenvalue weighted by Gasteiger charge is -2.03. The molecule has 0 saturated carbocycles. The first-order valence-electron chi connectivity index (χ1n) is 5.64. The van der Waals surface area contributed by atoms with Crippen LogP contribution in [0, 0.1) is 13.8 Å². The van der Waals surface area contributed by atoms with Crippen molar-refractivity contribution in [3.8, 4) is 11.5 Å². The second-order valence-electron chi connectivity index (χ2n) is 4.15. The number of rotatable bonds is 1. The molecule has 0 amide bonds. The average Bonchev–Trinajstić information content (AvgIpc) is 2.66. The molecule has 0 radical (unpaired) electrons. The van der Waals surface area contributed by atoms with Gasteiger partial charge < -0.3 is 5.21 Å². The van der Waals surface area contributed by atoms with Gasteiger partial charge in [-0.1, -0.05) is 18.2 Å². The van der Waals surface area contributed by atoms with Crippen LogP contribution in [-0.2, 0) is 0 Å². The van der Waals surface area contributed by atoms with Gasteiger partial charge in [-0.05, 0) is 26.0 Å². The minimum atomic E-state index is 0.485. The van der Waals surface area contributed by atoms with Crippen molar-refractivity contribution in [1.82, 2.24) is 19.7 Å². The van der Waals surface area contributed by atoms with Crippen LogP contribution in [0.15, 0.2) is 30.3 Å². The molecule has 2 heterocycles. The fourth-order valence-corrected chi connectivity index (χ4v) is 2.03. The summed E-state index contributed by atoms with van der Waals surface area (Å²) in [5.74, 6) is 1.77. The number of para-hydroxylation sites is 1. The number of hydrogen-bond acceptors (Lipinski definition) is 4. The maximum absolute atomic E-state index is 10.1. The highest BCUT2D eigenvalue weighted by atomic mass is 16.5. The maximum Gasteiger partial charge on any atom is 0.183 e. The monoisotopic (exact) mass is 240 g/mol. The van der Waals surface area contributed by atoms with Gasteiger partial charge in [0.1, 0.15) is 17.3 Å². The SMILES string of the molecule is Cc1nc(C)nc(-c2cc3ccccc3n2O)n1. The van der Waals surface area contributed by atoms with Crippen LogP contribution in [0.5, 0.6) is 0 Å². The van der Waals surface area contributed by atoms with Crippen LogP contribution in [-0.4, -0.2) is 24.9 Å². The summed E-state index contributed by atoms with van der Waals surface area (Å²) in [6, 6.07) is 9.45. The summed E-state index contributed by atoms with van der Waals surface area (Å²) in [5, 5.41) is 11.1. The van der Waals surface area contributed by atoms with E-state index < -0.39 is 0 Å². The first kappa shape index (κ1) is 10.7. The molecule has 0 saturated heterocycles. The highest BCUT2D eigenvalue weighted by molar-refractivity contribution is 5.85. The predicted octanol–water partition coefficient (Wildman–Crippen LogP) is 2.35. The van der Waals surface area contributed by atoms with Crippen molar-refractivity contribution in [2.24, 2.45) is 0 Å². The van der Waals surface area contributed by atoms with Crippen molar-refractivity contribution >= 4 is 10.9 Å². The summed E-state index contributed by atoms with van der Waals surface area (Å²) >= 11 is 0. The van der Waals surface area contributed by atoms with Gasteiger partial charge in [0.15, 0.2) is 5.82 Å². The zero-order valence-corrected chi connectivity index (χ0v) is 10.1. The number of fused-ring (bicyclic) bond motifs is 1. The van der Waals surface area contributed by atoms with E-state index >= 15 is 0 Å². The molecule has 0 aliphatic heterocycles. The van der Waals surface area contributed by atoms with E-state index in [1.54, 1.807) is 0 Å². The van der Waals surface area contributed by atoms with Crippen LogP contribution < -0.4 is 0 Å². The van der Waals surface area contributed by atoms with Crippen LogP contribution in [0.1, 0.15) is 11.6 Å². The molecule has 2 aromatic heterocycles. The van der Waals surface area contributed by atoms with E-state index in [0.717, 1.165) is 15.6 Å². The fraction of sp³-hybridized carbons (Fsp3) is 0.154. The molecule has 0 unspecified atom stereocenters. The molecule has 0 aliphatic rings. The maximum atomic E-state index is 10.1. The molecule has 0 atom stereocenters. The van der Waals surface area contributed by atoms with E-state index in [-0.39, 0.29) is 0 Å². The van der Waals surface area contributed by atoms with E-state index in [1.807, 2.05) is 44.2 Å². The molecule has 18 heavy (non-hydrogen) atoms. The van der Waals surface area contributed by atoms with Crippen molar-refractivity contribution < 1.29 is 5.21 Å². The van der Waals surface area contributed by atoms with Crippen molar-refractivity contribution in [2.45, 2.75) is 13.8 Å². The third-order valence-corrected chi connectivity index (χ3v) is 2.77. The number of benzene rings is 1. The molecule has 0 spiro atoms. The Kier molecular flexibility index (Phi) is 2.26. The number of nitrogens with zero attached hydrogens (tertiary/aromatic N) is 4. The van der Waals surface area contributed by atoms with Crippen LogP contribution in [0.25, 0.3) is 22.4 Å². The molecule has 5 nitrogen and oxygen atoms in total. The minimum absolute atomic E-state index is 0.485. The Hall–Kier alpha value is -2.43. The lowest BCUT2D eigenvalue weighted by atomic mass is 10.2. The molecule has 0 bridgehead atoms. The zero-order chi connectivity index (χ0) is 12.7. The quantitative estimate of drug-likeness (QED) is 0.663. The zero-order valence-electron chi connectivity index (χ0n) is 10.1. The van der Waals surface area contributed by atoms with Gasteiger partial charge in [-0.3, -0.25) is 0 Å². The molecular weight excluding hydrogens is 228 g/mol. The van der Waals surface area contributed by atoms with Crippen molar-refractivity contribution in [3.05, 3.63) is 42.0 Å². The van der Waals surface area contributed by atoms with Gasteiger partial charge in [0, 0.05) is 5.39 Å². The Morgan fingerprint density at radius 1 is 1.00 bits per heavy atom. The van der Waals surface area contributed by atoms with Gasteiger partial charge in [-0.25, -0.2) is 15.0 Å². The predicted molar refractivity (Wildman–Crippen MR) is 67.4 cm³/mol. The van der Waals surface area contributed by atoms with Crippen LogP contribution >= 0.6 is 0 Å². The van der Waals surface area contributed by atoms with Crippen molar-refractivity contribution in [2.75, 3.05) is 0 Å². The minimum Gasteiger partial charge on any atom is -0.428 e. The first-order valence-corrected chi connectivity index (χ1v) is 5.64. The summed E-state index contributed by atoms with van der Waals surface area (Å²) in [5.41, 5.74) is 1.31. The highest BCUT2D eigenvalue weighted by Crippen LogP contribution is 2.24. The molecule has 1 aromatic carbocycles. The number of aryl methyl sites for hydroxylation is 2. The van der Waals surface area contributed by atoms with Crippen LogP contribution in [0.3, 0.4) is 0 Å². The summed E-state index contributed by atoms with van der Waals surface area (Å²) in [6.45, 7) is 3.62. The summed E-state index contributed by atoms with van der Waals surface area (Å²) in [7, 11) is 0. The second-order valence-corrected chi connectivity index (χ2v) is 4.15. The fourth-order valence-electron chi connectivity index (χ4n) is 2.03. The molecule has 0 fully saturated rings. The van der Waals surface area contributed by atoms with E-state index in [4.69, 9.17) is 0 Å². The van der Waals surface area contributed by atoms with E-state index in [0.29, 0.717) is 23.2 Å². The lowest BCUT2D eigenvalue weighted by molar-refractivity contribution is 0.204. The average molecular weight is 240 g/mol. The van der Waals surface area contributed by atoms with Gasteiger partial charge in [-0.15, -0.1) is 0 Å². The van der Waals surface area contributed by atoms with Gasteiger partial charge in [0.2, 0.25) is 0 Å². The topological polar surface area (TPSA) is 63.8 Å². The van der Waals surface area contributed by atoms with Gasteiger partial charge in [-0.2, -0.15) is 4.73 Å². The Morgan fingerprint density at radius 3 is 2.33 bits per heavy atom. The normalized spacial score (nSPS) is 11.0. The van der Waals surface area contributed by atoms with Crippen molar-refractivity contribution in [1.29, 1.82) is 0 Å². The number of hydrogen-bond donors (Lipinski definition) is 1.